The number of nitrogens with one attached hydrogen (secondary N) is 1. The van der Waals surface area contributed by atoms with Gasteiger partial charge >= 0.3 is 0 Å². The van der Waals surface area contributed by atoms with Gasteiger partial charge in [-0.15, -0.1) is 11.3 Å². The first-order valence-electron chi connectivity index (χ1n) is 10.1. The number of hydrogen-bond donors (Lipinski definition) is 1. The minimum Gasteiger partial charge on any atom is -0.367 e. The Bertz CT molecular complexity index is 743. The fraction of sp³-hybridized carbons (Fsp3) is 0.700. The molecule has 1 aliphatic heterocycles. The van der Waals surface area contributed by atoms with Gasteiger partial charge in [0, 0.05) is 17.5 Å². The van der Waals surface area contributed by atoms with Crippen LogP contribution in [-0.2, 0) is 6.42 Å². The predicted octanol–water partition coefficient (Wildman–Crippen LogP) is 4.56. The monoisotopic (exact) mass is 356 g/mol. The molecule has 4 nitrogen and oxygen atoms in total. The molecule has 134 valence electrons. The zero-order chi connectivity index (χ0) is 16.6. The maximum absolute atomic E-state index is 4.69. The van der Waals surface area contributed by atoms with Crippen molar-refractivity contribution in [1.82, 2.24) is 14.9 Å². The summed E-state index contributed by atoms with van der Waals surface area (Å²) in [7, 11) is 0. The van der Waals surface area contributed by atoms with E-state index in [0.717, 1.165) is 5.82 Å². The Labute approximate surface area is 154 Å². The fourth-order valence-corrected chi connectivity index (χ4v) is 6.32. The van der Waals surface area contributed by atoms with Crippen LogP contribution >= 0.6 is 11.3 Å². The van der Waals surface area contributed by atoms with E-state index in [1.54, 1.807) is 16.8 Å². The van der Waals surface area contributed by atoms with Crippen LogP contribution in [0.1, 0.15) is 67.7 Å². The van der Waals surface area contributed by atoms with E-state index in [1.165, 1.54) is 87.6 Å². The standard InChI is InChI=1S/C20H28N4S/c1-2-6-15(7-3-1)23-19-18-17-14(12-24-10-4-5-11-24)8-9-16(17)25-20(18)22-13-21-19/h13-15H,1-12H2,(H,21,22,23). The maximum Gasteiger partial charge on any atom is 0.138 e. The quantitative estimate of drug-likeness (QED) is 0.872. The van der Waals surface area contributed by atoms with Gasteiger partial charge in [-0.2, -0.15) is 0 Å². The van der Waals surface area contributed by atoms with Crippen molar-refractivity contribution in [3.05, 3.63) is 16.8 Å². The van der Waals surface area contributed by atoms with Gasteiger partial charge in [0.05, 0.1) is 5.39 Å². The molecule has 1 saturated carbocycles. The van der Waals surface area contributed by atoms with Crippen LogP contribution in [0.4, 0.5) is 5.82 Å². The van der Waals surface area contributed by atoms with Gasteiger partial charge in [-0.1, -0.05) is 19.3 Å². The Balaban J connectivity index is 1.47. The van der Waals surface area contributed by atoms with Crippen molar-refractivity contribution >= 4 is 27.4 Å². The number of nitrogens with zero attached hydrogens (tertiary/aromatic N) is 3. The van der Waals surface area contributed by atoms with E-state index in [2.05, 4.69) is 20.2 Å². The number of aromatic nitrogens is 2. The third kappa shape index (κ3) is 3.06. The Kier molecular flexibility index (Phi) is 4.38. The Morgan fingerprint density at radius 3 is 2.72 bits per heavy atom. The second-order valence-electron chi connectivity index (χ2n) is 8.06. The van der Waals surface area contributed by atoms with Crippen LogP contribution in [0, 0.1) is 0 Å². The second kappa shape index (κ2) is 6.84. The first-order chi connectivity index (χ1) is 12.4. The smallest absolute Gasteiger partial charge is 0.138 e. The molecule has 5 rings (SSSR count). The average molecular weight is 357 g/mol. The summed E-state index contributed by atoms with van der Waals surface area (Å²) < 4.78 is 0. The average Bonchev–Trinajstić information content (AvgIpc) is 3.34. The summed E-state index contributed by atoms with van der Waals surface area (Å²) in [6.45, 7) is 3.81. The van der Waals surface area contributed by atoms with Crippen molar-refractivity contribution in [2.45, 2.75) is 69.7 Å². The van der Waals surface area contributed by atoms with E-state index in [9.17, 15) is 0 Å². The van der Waals surface area contributed by atoms with Crippen LogP contribution in [0.25, 0.3) is 10.2 Å². The zero-order valence-electron chi connectivity index (χ0n) is 15.0. The number of rotatable bonds is 4. The summed E-state index contributed by atoms with van der Waals surface area (Å²) in [4.78, 5) is 14.7. The fourth-order valence-electron chi connectivity index (χ4n) is 5.08. The lowest BCUT2D eigenvalue weighted by atomic mass is 9.95. The molecular weight excluding hydrogens is 328 g/mol. The highest BCUT2D eigenvalue weighted by Crippen LogP contribution is 2.46. The van der Waals surface area contributed by atoms with E-state index in [-0.39, 0.29) is 0 Å². The van der Waals surface area contributed by atoms with Crippen molar-refractivity contribution in [2.75, 3.05) is 25.0 Å². The first-order valence-corrected chi connectivity index (χ1v) is 11.0. The molecule has 0 amide bonds. The molecule has 0 bridgehead atoms. The Hall–Kier alpha value is -1.20. The van der Waals surface area contributed by atoms with E-state index in [0.29, 0.717) is 12.0 Å². The largest absolute Gasteiger partial charge is 0.367 e. The van der Waals surface area contributed by atoms with E-state index in [4.69, 9.17) is 0 Å². The summed E-state index contributed by atoms with van der Waals surface area (Å²) in [5, 5.41) is 5.15. The lowest BCUT2D eigenvalue weighted by Gasteiger charge is -2.24. The molecule has 25 heavy (non-hydrogen) atoms. The van der Waals surface area contributed by atoms with Crippen molar-refractivity contribution in [2.24, 2.45) is 0 Å². The third-order valence-corrected chi connectivity index (χ3v) is 7.53. The van der Waals surface area contributed by atoms with Crippen LogP contribution in [0.15, 0.2) is 6.33 Å². The highest BCUT2D eigenvalue weighted by Gasteiger charge is 2.31. The summed E-state index contributed by atoms with van der Waals surface area (Å²) in [6, 6.07) is 0.598. The molecule has 2 aromatic heterocycles. The molecule has 5 heteroatoms. The first kappa shape index (κ1) is 16.0. The van der Waals surface area contributed by atoms with Crippen LogP contribution in [0.2, 0.25) is 0 Å². The lowest BCUT2D eigenvalue weighted by Crippen LogP contribution is -2.25. The van der Waals surface area contributed by atoms with Crippen molar-refractivity contribution in [3.63, 3.8) is 0 Å². The molecule has 1 saturated heterocycles. The van der Waals surface area contributed by atoms with Gasteiger partial charge in [0.15, 0.2) is 0 Å². The van der Waals surface area contributed by atoms with Gasteiger partial charge in [0.2, 0.25) is 0 Å². The van der Waals surface area contributed by atoms with Gasteiger partial charge in [-0.05, 0) is 63.1 Å². The second-order valence-corrected chi connectivity index (χ2v) is 9.15. The molecule has 0 radical (unpaired) electrons. The summed E-state index contributed by atoms with van der Waals surface area (Å²) >= 11 is 1.91. The number of aryl methyl sites for hydroxylation is 1. The SMILES string of the molecule is c1nc(NC2CCCCC2)c2c3c(sc2n1)CCC3CN1CCCC1. The molecule has 1 atom stereocenters. The van der Waals surface area contributed by atoms with Crippen molar-refractivity contribution in [1.29, 1.82) is 0 Å². The Morgan fingerprint density at radius 2 is 1.88 bits per heavy atom. The molecule has 1 N–H and O–H groups in total. The molecule has 2 fully saturated rings. The van der Waals surface area contributed by atoms with Crippen molar-refractivity contribution in [3.8, 4) is 0 Å². The van der Waals surface area contributed by atoms with Crippen molar-refractivity contribution < 1.29 is 0 Å². The minimum absolute atomic E-state index is 0.598. The molecule has 1 unspecified atom stereocenters. The molecule has 3 heterocycles. The number of fused-ring (bicyclic) bond motifs is 3. The normalized spacial score (nSPS) is 24.9. The molecule has 2 aromatic rings. The Morgan fingerprint density at radius 1 is 1.04 bits per heavy atom. The number of anilines is 1. The van der Waals surface area contributed by atoms with Gasteiger partial charge in [0.25, 0.3) is 0 Å². The van der Waals surface area contributed by atoms with Gasteiger partial charge in [-0.3, -0.25) is 0 Å². The summed E-state index contributed by atoms with van der Waals surface area (Å²) in [5.41, 5.74) is 1.59. The van der Waals surface area contributed by atoms with Gasteiger partial charge in [0.1, 0.15) is 17.0 Å². The van der Waals surface area contributed by atoms with E-state index < -0.39 is 0 Å². The molecule has 0 spiro atoms. The number of hydrogen-bond acceptors (Lipinski definition) is 5. The molecular formula is C20H28N4S. The molecule has 2 aliphatic carbocycles. The van der Waals surface area contributed by atoms with E-state index >= 15 is 0 Å². The van der Waals surface area contributed by atoms with Crippen LogP contribution in [0.5, 0.6) is 0 Å². The molecule has 0 aromatic carbocycles. The van der Waals surface area contributed by atoms with E-state index in [1.807, 2.05) is 11.3 Å². The topological polar surface area (TPSA) is 41.1 Å². The summed E-state index contributed by atoms with van der Waals surface area (Å²) in [6.07, 6.45) is 13.7. The lowest BCUT2D eigenvalue weighted by molar-refractivity contribution is 0.313. The predicted molar refractivity (Wildman–Crippen MR) is 105 cm³/mol. The minimum atomic E-state index is 0.598. The number of likely N-dealkylation sites (tertiary alicyclic amines) is 1. The van der Waals surface area contributed by atoms with Crippen LogP contribution < -0.4 is 5.32 Å². The van der Waals surface area contributed by atoms with Crippen LogP contribution in [0.3, 0.4) is 0 Å². The van der Waals surface area contributed by atoms with Gasteiger partial charge in [-0.25, -0.2) is 9.97 Å². The zero-order valence-corrected chi connectivity index (χ0v) is 15.8. The van der Waals surface area contributed by atoms with Gasteiger partial charge < -0.3 is 10.2 Å². The third-order valence-electron chi connectivity index (χ3n) is 6.35. The van der Waals surface area contributed by atoms with Crippen LogP contribution in [-0.4, -0.2) is 40.5 Å². The number of thiophene rings is 1. The molecule has 3 aliphatic rings. The highest BCUT2D eigenvalue weighted by molar-refractivity contribution is 7.19. The maximum atomic E-state index is 4.69. The summed E-state index contributed by atoms with van der Waals surface area (Å²) in [5.74, 6) is 1.79. The highest BCUT2D eigenvalue weighted by atomic mass is 32.1.